The van der Waals surface area contributed by atoms with Crippen LogP contribution in [0.2, 0.25) is 0 Å². The highest BCUT2D eigenvalue weighted by Gasteiger charge is 2.53. The number of fused-ring (bicyclic) bond motifs is 1. The summed E-state index contributed by atoms with van der Waals surface area (Å²) in [7, 11) is 0. The number of alkyl halides is 3. The van der Waals surface area contributed by atoms with Gasteiger partial charge in [0.05, 0.1) is 5.92 Å². The third kappa shape index (κ3) is 2.37. The summed E-state index contributed by atoms with van der Waals surface area (Å²) in [6, 6.07) is 0. The average molecular weight is 339 g/mol. The lowest BCUT2D eigenvalue weighted by atomic mass is 9.67. The van der Waals surface area contributed by atoms with E-state index in [-0.39, 0.29) is 17.8 Å². The summed E-state index contributed by atoms with van der Waals surface area (Å²) in [5.74, 6) is -1.73. The van der Waals surface area contributed by atoms with Crippen molar-refractivity contribution >= 4 is 27.9 Å². The molecule has 2 saturated carbocycles. The molecule has 19 heavy (non-hydrogen) atoms. The van der Waals surface area contributed by atoms with Gasteiger partial charge in [0.25, 0.3) is 0 Å². The first kappa shape index (κ1) is 13.3. The van der Waals surface area contributed by atoms with E-state index in [0.717, 1.165) is 12.8 Å². The molecule has 2 aliphatic carbocycles. The molecule has 0 spiro atoms. The molecule has 106 valence electrons. The molecule has 2 aliphatic heterocycles. The summed E-state index contributed by atoms with van der Waals surface area (Å²) in [5, 5.41) is 0. The number of hydrogen-bond acceptors (Lipinski definition) is 4. The predicted octanol–water partition coefficient (Wildman–Crippen LogP) is 2.25. The van der Waals surface area contributed by atoms with Gasteiger partial charge in [0.15, 0.2) is 0 Å². The van der Waals surface area contributed by atoms with Gasteiger partial charge >= 0.3 is 16.8 Å². The van der Waals surface area contributed by atoms with Crippen molar-refractivity contribution in [1.29, 1.82) is 0 Å². The Balaban J connectivity index is 1.80. The molecule has 5 atom stereocenters. The van der Waals surface area contributed by atoms with Crippen LogP contribution in [-0.4, -0.2) is 29.0 Å². The van der Waals surface area contributed by atoms with Crippen molar-refractivity contribution in [3.63, 3.8) is 0 Å². The predicted molar refractivity (Wildman–Crippen MR) is 62.6 cm³/mol. The Labute approximate surface area is 116 Å². The van der Waals surface area contributed by atoms with E-state index >= 15 is 0 Å². The second-order valence-electron chi connectivity index (χ2n) is 5.61. The van der Waals surface area contributed by atoms with Crippen LogP contribution < -0.4 is 0 Å². The average Bonchev–Trinajstić information content (AvgIpc) is 2.46. The van der Waals surface area contributed by atoms with Crippen LogP contribution in [0.5, 0.6) is 0 Å². The van der Waals surface area contributed by atoms with Crippen LogP contribution in [0.3, 0.4) is 0 Å². The Hall–Kier alpha value is -0.720. The second-order valence-corrected chi connectivity index (χ2v) is 6.60. The Morgan fingerprint density at radius 1 is 1.32 bits per heavy atom. The van der Waals surface area contributed by atoms with Crippen LogP contribution in [0, 0.1) is 17.8 Å². The number of carbonyl (C=O) groups is 2. The first-order chi connectivity index (χ1) is 8.84. The maximum absolute atomic E-state index is 12.8. The van der Waals surface area contributed by atoms with Crippen LogP contribution in [0.15, 0.2) is 0 Å². The molecule has 0 radical (unpaired) electrons. The topological polar surface area (TPSA) is 52.6 Å². The van der Waals surface area contributed by atoms with Gasteiger partial charge in [-0.3, -0.25) is 4.79 Å². The summed E-state index contributed by atoms with van der Waals surface area (Å²) in [5.41, 5.74) is 0. The standard InChI is InChI=1S/C12H13BrF2O4/c13-12(14,15)11(17)19-9-6-1-5-2-7(4-6)10(16)18-8(9)3-5/h5-9H,1-4H2. The molecule has 5 unspecified atom stereocenters. The summed E-state index contributed by atoms with van der Waals surface area (Å²) in [4.78, 5) is 19.4. The van der Waals surface area contributed by atoms with Gasteiger partial charge in [0.2, 0.25) is 0 Å². The Morgan fingerprint density at radius 3 is 2.74 bits per heavy atom. The first-order valence-electron chi connectivity index (χ1n) is 6.33. The Kier molecular flexibility index (Phi) is 3.07. The molecule has 4 fully saturated rings. The van der Waals surface area contributed by atoms with Crippen molar-refractivity contribution in [2.24, 2.45) is 17.8 Å². The summed E-state index contributed by atoms with van der Waals surface area (Å²) in [6.07, 6.45) is 1.49. The van der Waals surface area contributed by atoms with E-state index in [2.05, 4.69) is 0 Å². The van der Waals surface area contributed by atoms with Crippen LogP contribution in [-0.2, 0) is 19.1 Å². The third-order valence-corrected chi connectivity index (χ3v) is 4.64. The van der Waals surface area contributed by atoms with Gasteiger partial charge in [0.1, 0.15) is 12.2 Å². The number of ether oxygens (including phenoxy) is 2. The van der Waals surface area contributed by atoms with E-state index in [0.29, 0.717) is 18.8 Å². The molecule has 2 heterocycles. The maximum atomic E-state index is 12.8. The van der Waals surface area contributed by atoms with E-state index in [9.17, 15) is 18.4 Å². The van der Waals surface area contributed by atoms with Crippen molar-refractivity contribution in [3.8, 4) is 0 Å². The SMILES string of the molecule is O=C1OC2CC3CC1CC(C3)C2OC(=O)C(F)(F)Br. The molecule has 7 heteroatoms. The number of hydrogen-bond donors (Lipinski definition) is 0. The fourth-order valence-corrected chi connectivity index (χ4v) is 3.72. The molecule has 0 aromatic heterocycles. The number of halogens is 3. The van der Waals surface area contributed by atoms with Crippen molar-refractivity contribution in [3.05, 3.63) is 0 Å². The highest BCUT2D eigenvalue weighted by Crippen LogP contribution is 2.48. The smallest absolute Gasteiger partial charge is 0.396 e. The van der Waals surface area contributed by atoms with Gasteiger partial charge in [-0.25, -0.2) is 4.79 Å². The molecule has 0 amide bonds. The molecular formula is C12H13BrF2O4. The van der Waals surface area contributed by atoms with Crippen LogP contribution in [0.4, 0.5) is 8.78 Å². The molecule has 4 bridgehead atoms. The van der Waals surface area contributed by atoms with Crippen LogP contribution in [0.1, 0.15) is 25.7 Å². The second kappa shape index (κ2) is 4.40. The van der Waals surface area contributed by atoms with Crippen molar-refractivity contribution in [1.82, 2.24) is 0 Å². The maximum Gasteiger partial charge on any atom is 0.396 e. The molecule has 0 aromatic carbocycles. The minimum Gasteiger partial charge on any atom is -0.458 e. The largest absolute Gasteiger partial charge is 0.458 e. The van der Waals surface area contributed by atoms with E-state index in [4.69, 9.17) is 9.47 Å². The number of esters is 2. The highest BCUT2D eigenvalue weighted by atomic mass is 79.9. The van der Waals surface area contributed by atoms with Gasteiger partial charge in [-0.1, -0.05) is 0 Å². The molecule has 4 aliphatic rings. The molecule has 0 N–H and O–H groups in total. The van der Waals surface area contributed by atoms with Gasteiger partial charge in [0, 0.05) is 21.8 Å². The van der Waals surface area contributed by atoms with Gasteiger partial charge in [-0.15, -0.1) is 0 Å². The lowest BCUT2D eigenvalue weighted by Gasteiger charge is -2.41. The van der Waals surface area contributed by atoms with Gasteiger partial charge in [-0.05, 0) is 31.6 Å². The Morgan fingerprint density at radius 2 is 2.05 bits per heavy atom. The molecule has 4 rings (SSSR count). The molecule has 2 saturated heterocycles. The monoisotopic (exact) mass is 338 g/mol. The minimum atomic E-state index is -3.69. The lowest BCUT2D eigenvalue weighted by molar-refractivity contribution is -0.183. The molecule has 0 aromatic rings. The molecular weight excluding hydrogens is 326 g/mol. The minimum absolute atomic E-state index is 0.0484. The molecule has 4 nitrogen and oxygen atoms in total. The zero-order valence-electron chi connectivity index (χ0n) is 9.98. The van der Waals surface area contributed by atoms with Crippen molar-refractivity contribution in [2.75, 3.05) is 0 Å². The lowest BCUT2D eigenvalue weighted by Crippen LogP contribution is -2.46. The summed E-state index contributed by atoms with van der Waals surface area (Å²) >= 11 is 1.99. The summed E-state index contributed by atoms with van der Waals surface area (Å²) < 4.78 is 35.9. The number of rotatable bonds is 2. The zero-order valence-corrected chi connectivity index (χ0v) is 11.6. The fraction of sp³-hybridized carbons (Fsp3) is 0.833. The van der Waals surface area contributed by atoms with Gasteiger partial charge in [-0.2, -0.15) is 8.78 Å². The van der Waals surface area contributed by atoms with E-state index < -0.39 is 23.0 Å². The number of carbonyl (C=O) groups excluding carboxylic acids is 2. The van der Waals surface area contributed by atoms with Crippen molar-refractivity contribution in [2.45, 2.75) is 42.7 Å². The van der Waals surface area contributed by atoms with Crippen LogP contribution in [0.25, 0.3) is 0 Å². The van der Waals surface area contributed by atoms with E-state index in [1.54, 1.807) is 0 Å². The zero-order chi connectivity index (χ0) is 13.8. The quantitative estimate of drug-likeness (QED) is 0.572. The van der Waals surface area contributed by atoms with Crippen LogP contribution >= 0.6 is 15.9 Å². The highest BCUT2D eigenvalue weighted by molar-refractivity contribution is 9.10. The van der Waals surface area contributed by atoms with E-state index in [1.165, 1.54) is 0 Å². The third-order valence-electron chi connectivity index (χ3n) is 4.31. The Bertz CT molecular complexity index is 422. The van der Waals surface area contributed by atoms with E-state index in [1.807, 2.05) is 15.9 Å². The van der Waals surface area contributed by atoms with Crippen molar-refractivity contribution < 1.29 is 27.8 Å². The van der Waals surface area contributed by atoms with Gasteiger partial charge < -0.3 is 9.47 Å². The fourth-order valence-electron chi connectivity index (χ4n) is 3.63. The summed E-state index contributed by atoms with van der Waals surface area (Å²) in [6.45, 7) is 0. The first-order valence-corrected chi connectivity index (χ1v) is 7.12. The normalized spacial score (nSPS) is 40.8.